The third kappa shape index (κ3) is 4.41. The molecule has 1 aromatic rings. The van der Waals surface area contributed by atoms with E-state index in [9.17, 15) is 0 Å². The Bertz CT molecular complexity index is 586. The van der Waals surface area contributed by atoms with Crippen molar-refractivity contribution in [3.05, 3.63) is 24.3 Å². The summed E-state index contributed by atoms with van der Waals surface area (Å²) < 4.78 is 10.6. The van der Waals surface area contributed by atoms with E-state index in [4.69, 9.17) is 9.47 Å². The van der Waals surface area contributed by atoms with Gasteiger partial charge >= 0.3 is 0 Å². The fourth-order valence-electron chi connectivity index (χ4n) is 5.28. The summed E-state index contributed by atoms with van der Waals surface area (Å²) in [6.07, 6.45) is 5.35. The van der Waals surface area contributed by atoms with Crippen molar-refractivity contribution in [3.8, 4) is 5.75 Å². The molecule has 4 saturated heterocycles. The van der Waals surface area contributed by atoms with Gasteiger partial charge in [-0.1, -0.05) is 0 Å². The highest BCUT2D eigenvalue weighted by atomic mass is 16.5. The lowest BCUT2D eigenvalue weighted by Crippen LogP contribution is -2.48. The standard InChI is InChI=1S/C22H35N3O2/c1-26-14-13-24-15-18-3-4-21(24)17-25(16-18)20-9-11-23(12-10-20)19-5-7-22(27-2)8-6-19/h5-8,18,20-21H,3-4,9-17H2,1-2H3/t18-,21-/m1/s1. The predicted molar refractivity (Wildman–Crippen MR) is 110 cm³/mol. The maximum atomic E-state index is 5.34. The van der Waals surface area contributed by atoms with E-state index >= 15 is 0 Å². The number of benzene rings is 1. The van der Waals surface area contributed by atoms with E-state index in [0.29, 0.717) is 0 Å². The molecule has 27 heavy (non-hydrogen) atoms. The van der Waals surface area contributed by atoms with Gasteiger partial charge in [-0.2, -0.15) is 0 Å². The van der Waals surface area contributed by atoms with E-state index < -0.39 is 0 Å². The minimum Gasteiger partial charge on any atom is -0.497 e. The lowest BCUT2D eigenvalue weighted by molar-refractivity contribution is 0.0846. The van der Waals surface area contributed by atoms with Crippen LogP contribution >= 0.6 is 0 Å². The fourth-order valence-corrected chi connectivity index (χ4v) is 5.28. The molecule has 0 spiro atoms. The Labute approximate surface area is 164 Å². The molecular weight excluding hydrogens is 338 g/mol. The van der Waals surface area contributed by atoms with Gasteiger partial charge in [-0.15, -0.1) is 0 Å². The molecule has 4 heterocycles. The summed E-state index contributed by atoms with van der Waals surface area (Å²) >= 11 is 0. The Morgan fingerprint density at radius 3 is 2.37 bits per heavy atom. The molecule has 5 heteroatoms. The summed E-state index contributed by atoms with van der Waals surface area (Å²) in [6, 6.07) is 10.0. The maximum Gasteiger partial charge on any atom is 0.119 e. The van der Waals surface area contributed by atoms with Gasteiger partial charge in [0.15, 0.2) is 0 Å². The minimum atomic E-state index is 0.735. The van der Waals surface area contributed by atoms with Crippen LogP contribution in [0.2, 0.25) is 0 Å². The van der Waals surface area contributed by atoms with Crippen LogP contribution in [0.1, 0.15) is 25.7 Å². The normalized spacial score (nSPS) is 27.7. The lowest BCUT2D eigenvalue weighted by atomic mass is 9.95. The number of hydrogen-bond donors (Lipinski definition) is 0. The number of hydrogen-bond acceptors (Lipinski definition) is 5. The molecule has 4 fully saturated rings. The van der Waals surface area contributed by atoms with E-state index in [2.05, 4.69) is 39.0 Å². The minimum absolute atomic E-state index is 0.735. The Morgan fingerprint density at radius 1 is 0.889 bits per heavy atom. The van der Waals surface area contributed by atoms with Crippen molar-refractivity contribution in [2.24, 2.45) is 5.92 Å². The number of methoxy groups -OCH3 is 2. The highest BCUT2D eigenvalue weighted by molar-refractivity contribution is 5.49. The van der Waals surface area contributed by atoms with Crippen molar-refractivity contribution in [1.82, 2.24) is 9.80 Å². The number of rotatable bonds is 6. The molecular formula is C22H35N3O2. The van der Waals surface area contributed by atoms with Gasteiger partial charge in [0.25, 0.3) is 0 Å². The summed E-state index contributed by atoms with van der Waals surface area (Å²) in [6.45, 7) is 8.12. The zero-order valence-electron chi connectivity index (χ0n) is 17.0. The Morgan fingerprint density at radius 2 is 1.67 bits per heavy atom. The lowest BCUT2D eigenvalue weighted by Gasteiger charge is -2.40. The van der Waals surface area contributed by atoms with Gasteiger partial charge in [0.1, 0.15) is 5.75 Å². The van der Waals surface area contributed by atoms with E-state index in [1.54, 1.807) is 7.11 Å². The Kier molecular flexibility index (Phi) is 6.21. The van der Waals surface area contributed by atoms with Gasteiger partial charge in [-0.3, -0.25) is 9.80 Å². The molecule has 0 saturated carbocycles. The first kappa shape index (κ1) is 19.0. The van der Waals surface area contributed by atoms with Crippen LogP contribution in [0.5, 0.6) is 5.75 Å². The molecule has 5 rings (SSSR count). The molecule has 4 aliphatic heterocycles. The molecule has 0 unspecified atom stereocenters. The first-order valence-electron chi connectivity index (χ1n) is 10.6. The number of nitrogens with zero attached hydrogens (tertiary/aromatic N) is 3. The highest BCUT2D eigenvalue weighted by Gasteiger charge is 2.37. The SMILES string of the molecule is COCCN1C[C@H]2CC[C@@H]1CN(C1CCN(c3ccc(OC)cc3)CC1)C2. The zero-order valence-corrected chi connectivity index (χ0v) is 17.0. The van der Waals surface area contributed by atoms with E-state index in [1.165, 1.54) is 51.0 Å². The van der Waals surface area contributed by atoms with E-state index in [1.807, 2.05) is 7.11 Å². The molecule has 0 aliphatic carbocycles. The van der Waals surface area contributed by atoms with Crippen LogP contribution in [0.4, 0.5) is 5.69 Å². The first-order valence-corrected chi connectivity index (χ1v) is 10.6. The van der Waals surface area contributed by atoms with Crippen molar-refractivity contribution in [2.75, 3.05) is 65.0 Å². The van der Waals surface area contributed by atoms with Gasteiger partial charge in [-0.25, -0.2) is 0 Å². The fraction of sp³-hybridized carbons (Fsp3) is 0.727. The average Bonchev–Trinajstić information content (AvgIpc) is 3.04. The van der Waals surface area contributed by atoms with Crippen LogP contribution in [0.25, 0.3) is 0 Å². The van der Waals surface area contributed by atoms with Gasteiger partial charge in [0.05, 0.1) is 13.7 Å². The second-order valence-corrected chi connectivity index (χ2v) is 8.46. The number of piperidine rings is 2. The van der Waals surface area contributed by atoms with Crippen LogP contribution in [0.15, 0.2) is 24.3 Å². The Hall–Kier alpha value is -1.30. The summed E-state index contributed by atoms with van der Waals surface area (Å²) in [7, 11) is 3.55. The maximum absolute atomic E-state index is 5.34. The summed E-state index contributed by atoms with van der Waals surface area (Å²) in [5, 5.41) is 0. The molecule has 0 N–H and O–H groups in total. The van der Waals surface area contributed by atoms with Crippen molar-refractivity contribution in [2.45, 2.75) is 37.8 Å². The molecule has 5 nitrogen and oxygen atoms in total. The molecule has 150 valence electrons. The third-order valence-corrected chi connectivity index (χ3v) is 6.86. The zero-order chi connectivity index (χ0) is 18.6. The van der Waals surface area contributed by atoms with Crippen molar-refractivity contribution >= 4 is 5.69 Å². The molecule has 4 aliphatic rings. The molecule has 0 radical (unpaired) electrons. The van der Waals surface area contributed by atoms with Crippen molar-refractivity contribution in [3.63, 3.8) is 0 Å². The van der Waals surface area contributed by atoms with Gasteiger partial charge in [0.2, 0.25) is 0 Å². The molecule has 2 atom stereocenters. The van der Waals surface area contributed by atoms with Crippen LogP contribution in [-0.4, -0.2) is 82.0 Å². The number of fused-ring (bicyclic) bond motifs is 4. The molecule has 0 amide bonds. The second kappa shape index (κ2) is 8.80. The summed E-state index contributed by atoms with van der Waals surface area (Å²) in [5.41, 5.74) is 1.33. The topological polar surface area (TPSA) is 28.2 Å². The summed E-state index contributed by atoms with van der Waals surface area (Å²) in [5.74, 6) is 1.78. The van der Waals surface area contributed by atoms with Crippen LogP contribution in [-0.2, 0) is 4.74 Å². The molecule has 0 aromatic heterocycles. The van der Waals surface area contributed by atoms with Crippen LogP contribution in [0.3, 0.4) is 0 Å². The molecule has 2 bridgehead atoms. The van der Waals surface area contributed by atoms with Gasteiger partial charge in [0, 0.05) is 64.1 Å². The second-order valence-electron chi connectivity index (χ2n) is 8.46. The quantitative estimate of drug-likeness (QED) is 0.765. The number of ether oxygens (including phenoxy) is 2. The third-order valence-electron chi connectivity index (χ3n) is 6.86. The smallest absolute Gasteiger partial charge is 0.119 e. The Balaban J connectivity index is 1.33. The van der Waals surface area contributed by atoms with Gasteiger partial charge in [-0.05, 0) is 55.9 Å². The largest absolute Gasteiger partial charge is 0.497 e. The number of anilines is 1. The van der Waals surface area contributed by atoms with Crippen LogP contribution < -0.4 is 9.64 Å². The first-order chi connectivity index (χ1) is 13.3. The highest BCUT2D eigenvalue weighted by Crippen LogP contribution is 2.31. The van der Waals surface area contributed by atoms with Crippen LogP contribution in [0, 0.1) is 5.92 Å². The van der Waals surface area contributed by atoms with E-state index in [0.717, 1.165) is 50.0 Å². The summed E-state index contributed by atoms with van der Waals surface area (Å²) in [4.78, 5) is 8.07. The van der Waals surface area contributed by atoms with Crippen molar-refractivity contribution in [1.29, 1.82) is 0 Å². The van der Waals surface area contributed by atoms with E-state index in [-0.39, 0.29) is 0 Å². The molecule has 1 aromatic carbocycles. The van der Waals surface area contributed by atoms with Gasteiger partial charge < -0.3 is 14.4 Å². The average molecular weight is 374 g/mol. The predicted octanol–water partition coefficient (Wildman–Crippen LogP) is 2.71. The monoisotopic (exact) mass is 373 g/mol. The van der Waals surface area contributed by atoms with Crippen molar-refractivity contribution < 1.29 is 9.47 Å².